The third kappa shape index (κ3) is 6.45. The third-order valence-electron chi connectivity index (χ3n) is 5.39. The standard InChI is InChI=1S/C28H20F5O5S2/c29-27(30,31)26(37-25(34)20-10-4-1-5-11-20)28(32,33)40(35,36)38-21-16-18-24(19-17-21)39(22-12-6-2-7-13-22)23-14-8-3-9-15-23/h1-19,26H/q+1. The van der Waals surface area contributed by atoms with Crippen LogP contribution in [-0.2, 0) is 25.7 Å². The molecule has 4 aromatic carbocycles. The molecule has 0 heterocycles. The smallest absolute Gasteiger partial charge is 0.432 e. The van der Waals surface area contributed by atoms with Crippen LogP contribution in [-0.4, -0.2) is 31.9 Å². The summed E-state index contributed by atoms with van der Waals surface area (Å²) in [5, 5.41) is -5.67. The van der Waals surface area contributed by atoms with Gasteiger partial charge in [0.25, 0.3) is 6.10 Å². The summed E-state index contributed by atoms with van der Waals surface area (Å²) in [5.41, 5.74) is -0.478. The number of halogens is 5. The summed E-state index contributed by atoms with van der Waals surface area (Å²) < 4.78 is 104. The molecular weight excluding hydrogens is 575 g/mol. The zero-order valence-corrected chi connectivity index (χ0v) is 21.9. The number of hydrogen-bond donors (Lipinski definition) is 0. The second-order valence-electron chi connectivity index (χ2n) is 8.20. The highest BCUT2D eigenvalue weighted by Gasteiger charge is 2.67. The largest absolute Gasteiger partial charge is 0.441 e. The Hall–Kier alpha value is -3.90. The van der Waals surface area contributed by atoms with Gasteiger partial charge in [0.05, 0.1) is 16.5 Å². The predicted molar refractivity (Wildman–Crippen MR) is 138 cm³/mol. The van der Waals surface area contributed by atoms with Crippen molar-refractivity contribution in [3.63, 3.8) is 0 Å². The van der Waals surface area contributed by atoms with Crippen LogP contribution in [0, 0.1) is 0 Å². The molecule has 1 atom stereocenters. The Morgan fingerprint density at radius 2 is 1.07 bits per heavy atom. The lowest BCUT2D eigenvalue weighted by Crippen LogP contribution is -2.53. The van der Waals surface area contributed by atoms with Crippen LogP contribution in [0.2, 0.25) is 0 Å². The van der Waals surface area contributed by atoms with E-state index in [9.17, 15) is 35.2 Å². The van der Waals surface area contributed by atoms with Crippen LogP contribution < -0.4 is 4.18 Å². The quantitative estimate of drug-likeness (QED) is 0.0914. The number of carbonyl (C=O) groups is 1. The van der Waals surface area contributed by atoms with Crippen molar-refractivity contribution in [2.75, 3.05) is 0 Å². The predicted octanol–water partition coefficient (Wildman–Crippen LogP) is 6.87. The van der Waals surface area contributed by atoms with E-state index in [-0.39, 0.29) is 0 Å². The molecule has 0 radical (unpaired) electrons. The van der Waals surface area contributed by atoms with E-state index in [0.29, 0.717) is 4.90 Å². The molecule has 0 spiro atoms. The van der Waals surface area contributed by atoms with E-state index in [2.05, 4.69) is 8.92 Å². The van der Waals surface area contributed by atoms with E-state index in [4.69, 9.17) is 0 Å². The summed E-state index contributed by atoms with van der Waals surface area (Å²) in [6, 6.07) is 29.6. The molecule has 0 saturated heterocycles. The Balaban J connectivity index is 1.60. The van der Waals surface area contributed by atoms with Gasteiger partial charge in [-0.15, -0.1) is 0 Å². The van der Waals surface area contributed by atoms with Crippen LogP contribution in [0.15, 0.2) is 130 Å². The minimum atomic E-state index is -6.29. The molecule has 208 valence electrons. The number of esters is 1. The van der Waals surface area contributed by atoms with Crippen LogP contribution >= 0.6 is 0 Å². The molecule has 0 amide bonds. The Morgan fingerprint density at radius 1 is 0.650 bits per heavy atom. The summed E-state index contributed by atoms with van der Waals surface area (Å²) in [6.45, 7) is 0. The minimum Gasteiger partial charge on any atom is -0.441 e. The second-order valence-corrected chi connectivity index (χ2v) is 11.8. The maximum absolute atomic E-state index is 14.9. The average molecular weight is 596 g/mol. The highest BCUT2D eigenvalue weighted by Crippen LogP contribution is 2.40. The number of ether oxygens (including phenoxy) is 1. The van der Waals surface area contributed by atoms with Gasteiger partial charge in [-0.3, -0.25) is 0 Å². The molecule has 4 rings (SSSR count). The zero-order chi connectivity index (χ0) is 29.0. The van der Waals surface area contributed by atoms with Crippen molar-refractivity contribution < 1.29 is 44.1 Å². The molecule has 0 N–H and O–H groups in total. The van der Waals surface area contributed by atoms with Gasteiger partial charge in [0.15, 0.2) is 14.7 Å². The summed E-state index contributed by atoms with van der Waals surface area (Å²) in [5.74, 6) is -2.43. The van der Waals surface area contributed by atoms with E-state index < -0.39 is 55.8 Å². The normalized spacial score (nSPS) is 13.1. The van der Waals surface area contributed by atoms with Gasteiger partial charge in [-0.1, -0.05) is 54.6 Å². The van der Waals surface area contributed by atoms with Crippen LogP contribution in [0.4, 0.5) is 22.0 Å². The fraction of sp³-hybridized carbons (Fsp3) is 0.107. The van der Waals surface area contributed by atoms with Gasteiger partial charge in [0.1, 0.15) is 5.75 Å². The fourth-order valence-corrected chi connectivity index (χ4v) is 6.54. The Labute approximate surface area is 229 Å². The lowest BCUT2D eigenvalue weighted by Gasteiger charge is -2.27. The van der Waals surface area contributed by atoms with Crippen molar-refractivity contribution in [2.24, 2.45) is 0 Å². The first-order valence-corrected chi connectivity index (χ1v) is 14.1. The Morgan fingerprint density at radius 3 is 1.52 bits per heavy atom. The first-order valence-electron chi connectivity index (χ1n) is 11.5. The fourth-order valence-electron chi connectivity index (χ4n) is 3.54. The van der Waals surface area contributed by atoms with Gasteiger partial charge >= 0.3 is 27.5 Å². The summed E-state index contributed by atoms with van der Waals surface area (Å²) in [7, 11) is -6.96. The van der Waals surface area contributed by atoms with E-state index >= 15 is 0 Å². The monoisotopic (exact) mass is 595 g/mol. The second kappa shape index (κ2) is 11.7. The van der Waals surface area contributed by atoms with Crippen molar-refractivity contribution in [3.05, 3.63) is 121 Å². The summed E-state index contributed by atoms with van der Waals surface area (Å²) in [4.78, 5) is 14.6. The molecule has 0 aliphatic heterocycles. The van der Waals surface area contributed by atoms with Gasteiger partial charge in [-0.2, -0.15) is 30.4 Å². The first-order chi connectivity index (χ1) is 18.9. The molecule has 0 aliphatic rings. The molecule has 0 aromatic heterocycles. The lowest BCUT2D eigenvalue weighted by atomic mass is 10.2. The Bertz CT molecular complexity index is 1490. The van der Waals surface area contributed by atoms with Gasteiger partial charge in [0.2, 0.25) is 0 Å². The molecule has 0 fully saturated rings. The third-order valence-corrected chi connectivity index (χ3v) is 8.92. The van der Waals surface area contributed by atoms with Crippen molar-refractivity contribution in [1.29, 1.82) is 0 Å². The molecule has 5 nitrogen and oxygen atoms in total. The maximum Gasteiger partial charge on any atom is 0.432 e. The average Bonchev–Trinajstić information content (AvgIpc) is 2.93. The van der Waals surface area contributed by atoms with Crippen LogP contribution in [0.1, 0.15) is 10.4 Å². The molecule has 12 heteroatoms. The number of benzene rings is 4. The minimum absolute atomic E-state index is 0.478. The molecule has 0 bridgehead atoms. The van der Waals surface area contributed by atoms with Crippen LogP contribution in [0.5, 0.6) is 5.75 Å². The number of alkyl halides is 5. The summed E-state index contributed by atoms with van der Waals surface area (Å²) >= 11 is 0. The number of carbonyl (C=O) groups excluding carboxylic acids is 1. The number of rotatable bonds is 9. The Kier molecular flexibility index (Phi) is 8.50. The maximum atomic E-state index is 14.9. The molecular formula is C28H20F5O5S2+. The molecule has 4 aromatic rings. The lowest BCUT2D eigenvalue weighted by molar-refractivity contribution is -0.247. The first kappa shape index (κ1) is 29.1. The van der Waals surface area contributed by atoms with Crippen LogP contribution in [0.25, 0.3) is 0 Å². The zero-order valence-electron chi connectivity index (χ0n) is 20.3. The van der Waals surface area contributed by atoms with Crippen molar-refractivity contribution in [1.82, 2.24) is 0 Å². The highest BCUT2D eigenvalue weighted by molar-refractivity contribution is 7.97. The topological polar surface area (TPSA) is 69.7 Å². The highest BCUT2D eigenvalue weighted by atomic mass is 32.2. The van der Waals surface area contributed by atoms with E-state index in [1.165, 1.54) is 30.3 Å². The number of hydrogen-bond acceptors (Lipinski definition) is 5. The van der Waals surface area contributed by atoms with Crippen LogP contribution in [0.3, 0.4) is 0 Å². The van der Waals surface area contributed by atoms with E-state index in [1.807, 2.05) is 60.7 Å². The SMILES string of the molecule is O=C(OC(C(F)(F)F)C(F)(F)S(=O)(=O)Oc1ccc([S+](c2ccccc2)c2ccccc2)cc1)c1ccccc1. The molecule has 0 aliphatic carbocycles. The van der Waals surface area contributed by atoms with Crippen molar-refractivity contribution in [2.45, 2.75) is 32.2 Å². The van der Waals surface area contributed by atoms with E-state index in [0.717, 1.165) is 34.1 Å². The summed E-state index contributed by atoms with van der Waals surface area (Å²) in [6.07, 6.45) is -10.3. The molecule has 1 unspecified atom stereocenters. The van der Waals surface area contributed by atoms with Gasteiger partial charge in [-0.05, 0) is 60.7 Å². The molecule has 0 saturated carbocycles. The van der Waals surface area contributed by atoms with Crippen molar-refractivity contribution >= 4 is 27.0 Å². The van der Waals surface area contributed by atoms with Gasteiger partial charge in [0, 0.05) is 0 Å². The molecule has 40 heavy (non-hydrogen) atoms. The van der Waals surface area contributed by atoms with Gasteiger partial charge < -0.3 is 8.92 Å². The van der Waals surface area contributed by atoms with Crippen molar-refractivity contribution in [3.8, 4) is 5.75 Å². The van der Waals surface area contributed by atoms with Gasteiger partial charge in [-0.25, -0.2) is 4.79 Å². The van der Waals surface area contributed by atoms with E-state index in [1.54, 1.807) is 0 Å².